The molecule has 138 valence electrons. The lowest BCUT2D eigenvalue weighted by Crippen LogP contribution is -2.41. The predicted molar refractivity (Wildman–Crippen MR) is 93.5 cm³/mol. The van der Waals surface area contributed by atoms with Crippen molar-refractivity contribution in [3.8, 4) is 5.75 Å². The van der Waals surface area contributed by atoms with Crippen LogP contribution in [0.1, 0.15) is 35.5 Å². The fourth-order valence-corrected chi connectivity index (χ4v) is 2.90. The highest BCUT2D eigenvalue weighted by Crippen LogP contribution is 2.34. The quantitative estimate of drug-likeness (QED) is 0.704. The Morgan fingerprint density at radius 3 is 2.65 bits per heavy atom. The number of carbonyl (C=O) groups is 2. The molecule has 2 N–H and O–H groups in total. The first kappa shape index (κ1) is 18.5. The van der Waals surface area contributed by atoms with Gasteiger partial charge in [-0.25, -0.2) is 4.79 Å². The van der Waals surface area contributed by atoms with Gasteiger partial charge in [-0.15, -0.1) is 0 Å². The van der Waals surface area contributed by atoms with E-state index in [0.717, 1.165) is 12.8 Å². The maximum atomic E-state index is 12.2. The summed E-state index contributed by atoms with van der Waals surface area (Å²) in [7, 11) is 0. The van der Waals surface area contributed by atoms with E-state index in [-0.39, 0.29) is 18.1 Å². The summed E-state index contributed by atoms with van der Waals surface area (Å²) in [6.07, 6.45) is 2.41. The SMILES string of the molecule is O=C(NC(CC1CC1)C(=O)O)c1cc(COc2c(Cl)cccc2Cl)on1. The molecule has 0 radical (unpaired) electrons. The van der Waals surface area contributed by atoms with Crippen molar-refractivity contribution in [2.75, 3.05) is 0 Å². The highest BCUT2D eigenvalue weighted by Gasteiger charge is 2.31. The summed E-state index contributed by atoms with van der Waals surface area (Å²) in [6.45, 7) is -0.0336. The number of hydrogen-bond donors (Lipinski definition) is 2. The molecule has 1 saturated carbocycles. The number of para-hydroxylation sites is 1. The standard InChI is InChI=1S/C17H16Cl2N2O5/c18-11-2-1-3-12(19)15(11)25-8-10-7-13(21-26-10)16(22)20-14(17(23)24)6-9-4-5-9/h1-3,7,9,14H,4-6,8H2,(H,20,22)(H,23,24). The van der Waals surface area contributed by atoms with Crippen LogP contribution in [0.25, 0.3) is 0 Å². The van der Waals surface area contributed by atoms with Crippen molar-refractivity contribution in [3.05, 3.63) is 45.8 Å². The van der Waals surface area contributed by atoms with Gasteiger partial charge in [0.1, 0.15) is 12.6 Å². The van der Waals surface area contributed by atoms with Crippen molar-refractivity contribution in [1.82, 2.24) is 10.5 Å². The Morgan fingerprint density at radius 1 is 1.35 bits per heavy atom. The van der Waals surface area contributed by atoms with E-state index in [4.69, 9.17) is 32.5 Å². The Kier molecular flexibility index (Phi) is 5.68. The minimum Gasteiger partial charge on any atom is -0.482 e. The average molecular weight is 399 g/mol. The van der Waals surface area contributed by atoms with Crippen LogP contribution >= 0.6 is 23.2 Å². The summed E-state index contributed by atoms with van der Waals surface area (Å²) in [4.78, 5) is 23.4. The van der Waals surface area contributed by atoms with Crippen molar-refractivity contribution in [3.63, 3.8) is 0 Å². The first-order valence-electron chi connectivity index (χ1n) is 8.00. The van der Waals surface area contributed by atoms with Gasteiger partial charge in [-0.05, 0) is 24.5 Å². The van der Waals surface area contributed by atoms with Gasteiger partial charge in [0, 0.05) is 6.07 Å². The number of rotatable bonds is 8. The Balaban J connectivity index is 1.59. The number of carbonyl (C=O) groups excluding carboxylic acids is 1. The Labute approximate surface area is 159 Å². The van der Waals surface area contributed by atoms with Gasteiger partial charge in [-0.2, -0.15) is 0 Å². The van der Waals surface area contributed by atoms with Crippen LogP contribution in [0.15, 0.2) is 28.8 Å². The minimum absolute atomic E-state index is 0.0177. The Hall–Kier alpha value is -2.25. The van der Waals surface area contributed by atoms with Gasteiger partial charge < -0.3 is 19.7 Å². The van der Waals surface area contributed by atoms with Crippen molar-refractivity contribution in [2.45, 2.75) is 31.9 Å². The van der Waals surface area contributed by atoms with Crippen LogP contribution in [0.5, 0.6) is 5.75 Å². The van der Waals surface area contributed by atoms with Crippen molar-refractivity contribution >= 4 is 35.1 Å². The molecule has 0 bridgehead atoms. The molecule has 1 heterocycles. The number of hydrogen-bond acceptors (Lipinski definition) is 5. The van der Waals surface area contributed by atoms with Crippen LogP contribution in [0.3, 0.4) is 0 Å². The number of carboxylic acids is 1. The number of halogens is 2. The summed E-state index contributed by atoms with van der Waals surface area (Å²) < 4.78 is 10.6. The van der Waals surface area contributed by atoms with Gasteiger partial charge in [0.15, 0.2) is 17.2 Å². The number of amides is 1. The number of nitrogens with one attached hydrogen (secondary N) is 1. The predicted octanol–water partition coefficient (Wildman–Crippen LogP) is 3.54. The van der Waals surface area contributed by atoms with Gasteiger partial charge in [0.2, 0.25) is 0 Å². The normalized spacial score (nSPS) is 14.7. The maximum Gasteiger partial charge on any atom is 0.326 e. The van der Waals surface area contributed by atoms with E-state index < -0.39 is 17.9 Å². The second kappa shape index (κ2) is 7.97. The molecule has 1 aliphatic rings. The molecular formula is C17H16Cl2N2O5. The van der Waals surface area contributed by atoms with Crippen LogP contribution in [0, 0.1) is 5.92 Å². The molecule has 26 heavy (non-hydrogen) atoms. The molecule has 1 fully saturated rings. The van der Waals surface area contributed by atoms with Crippen LogP contribution in [0.2, 0.25) is 10.0 Å². The third kappa shape index (κ3) is 4.68. The summed E-state index contributed by atoms with van der Waals surface area (Å²) in [5, 5.41) is 16.0. The fourth-order valence-electron chi connectivity index (χ4n) is 2.39. The van der Waals surface area contributed by atoms with E-state index in [1.165, 1.54) is 6.07 Å². The topological polar surface area (TPSA) is 102 Å². The fraction of sp³-hybridized carbons (Fsp3) is 0.353. The van der Waals surface area contributed by atoms with E-state index >= 15 is 0 Å². The Bertz CT molecular complexity index is 799. The number of ether oxygens (including phenoxy) is 1. The minimum atomic E-state index is -1.06. The van der Waals surface area contributed by atoms with E-state index in [1.807, 2.05) is 0 Å². The summed E-state index contributed by atoms with van der Waals surface area (Å²) in [5.74, 6) is -0.735. The number of nitrogens with zero attached hydrogens (tertiary/aromatic N) is 1. The lowest BCUT2D eigenvalue weighted by Gasteiger charge is -2.12. The molecule has 0 saturated heterocycles. The lowest BCUT2D eigenvalue weighted by molar-refractivity contribution is -0.139. The second-order valence-corrected chi connectivity index (χ2v) is 6.88. The third-order valence-corrected chi connectivity index (χ3v) is 4.53. The second-order valence-electron chi connectivity index (χ2n) is 6.06. The van der Waals surface area contributed by atoms with E-state index in [1.54, 1.807) is 18.2 Å². The lowest BCUT2D eigenvalue weighted by atomic mass is 10.1. The van der Waals surface area contributed by atoms with Crippen molar-refractivity contribution < 1.29 is 24.0 Å². The van der Waals surface area contributed by atoms with Crippen LogP contribution in [0.4, 0.5) is 0 Å². The summed E-state index contributed by atoms with van der Waals surface area (Å²) >= 11 is 12.0. The smallest absolute Gasteiger partial charge is 0.326 e. The molecule has 1 amide bonds. The molecule has 3 rings (SSSR count). The summed E-state index contributed by atoms with van der Waals surface area (Å²) in [6, 6.07) is 5.40. The zero-order chi connectivity index (χ0) is 18.7. The van der Waals surface area contributed by atoms with E-state index in [2.05, 4.69) is 10.5 Å². The molecule has 9 heteroatoms. The zero-order valence-corrected chi connectivity index (χ0v) is 15.1. The molecule has 2 aromatic rings. The van der Waals surface area contributed by atoms with Gasteiger partial charge in [-0.1, -0.05) is 47.3 Å². The highest BCUT2D eigenvalue weighted by molar-refractivity contribution is 6.37. The average Bonchev–Trinajstić information content (AvgIpc) is 3.28. The van der Waals surface area contributed by atoms with E-state index in [9.17, 15) is 14.7 Å². The molecule has 1 aromatic carbocycles. The number of carboxylic acid groups (broad SMARTS) is 1. The van der Waals surface area contributed by atoms with Crippen LogP contribution in [-0.4, -0.2) is 28.2 Å². The molecule has 1 unspecified atom stereocenters. The van der Waals surface area contributed by atoms with Gasteiger partial charge in [0.05, 0.1) is 10.0 Å². The third-order valence-electron chi connectivity index (χ3n) is 3.94. The molecule has 0 spiro atoms. The maximum absolute atomic E-state index is 12.2. The van der Waals surface area contributed by atoms with Gasteiger partial charge >= 0.3 is 5.97 Å². The molecule has 1 aliphatic carbocycles. The molecule has 1 aromatic heterocycles. The van der Waals surface area contributed by atoms with Crippen molar-refractivity contribution in [2.24, 2.45) is 5.92 Å². The van der Waals surface area contributed by atoms with Gasteiger partial charge in [0.25, 0.3) is 5.91 Å². The number of benzene rings is 1. The highest BCUT2D eigenvalue weighted by atomic mass is 35.5. The summed E-state index contributed by atoms with van der Waals surface area (Å²) in [5.41, 5.74) is -0.0177. The molecular weight excluding hydrogens is 383 g/mol. The number of aliphatic carboxylic acids is 1. The first-order chi connectivity index (χ1) is 12.4. The zero-order valence-electron chi connectivity index (χ0n) is 13.6. The van der Waals surface area contributed by atoms with Crippen molar-refractivity contribution in [1.29, 1.82) is 0 Å². The first-order valence-corrected chi connectivity index (χ1v) is 8.75. The molecule has 7 nitrogen and oxygen atoms in total. The molecule has 0 aliphatic heterocycles. The molecule has 1 atom stereocenters. The monoisotopic (exact) mass is 398 g/mol. The Morgan fingerprint density at radius 2 is 2.04 bits per heavy atom. The van der Waals surface area contributed by atoms with E-state index in [0.29, 0.717) is 28.1 Å². The van der Waals surface area contributed by atoms with Gasteiger partial charge in [-0.3, -0.25) is 4.79 Å². The van der Waals surface area contributed by atoms with Crippen LogP contribution in [-0.2, 0) is 11.4 Å². The number of aromatic nitrogens is 1. The van der Waals surface area contributed by atoms with Crippen LogP contribution < -0.4 is 10.1 Å². The largest absolute Gasteiger partial charge is 0.482 e.